The van der Waals surface area contributed by atoms with E-state index < -0.39 is 0 Å². The van der Waals surface area contributed by atoms with Crippen LogP contribution < -0.4 is 10.1 Å². The van der Waals surface area contributed by atoms with Crippen molar-refractivity contribution in [3.63, 3.8) is 0 Å². The molecule has 1 aromatic carbocycles. The summed E-state index contributed by atoms with van der Waals surface area (Å²) in [5.41, 5.74) is 3.11. The van der Waals surface area contributed by atoms with E-state index >= 15 is 0 Å². The van der Waals surface area contributed by atoms with Crippen LogP contribution in [0, 0.1) is 13.8 Å². The van der Waals surface area contributed by atoms with Gasteiger partial charge < -0.3 is 19.1 Å². The molecule has 0 atom stereocenters. The van der Waals surface area contributed by atoms with Crippen LogP contribution in [0.2, 0.25) is 0 Å². The van der Waals surface area contributed by atoms with Crippen LogP contribution in [0.3, 0.4) is 0 Å². The maximum Gasteiger partial charge on any atom is 0.191 e. The summed E-state index contributed by atoms with van der Waals surface area (Å²) in [5.74, 6) is 3.48. The molecule has 1 aliphatic carbocycles. The molecule has 0 amide bonds. The van der Waals surface area contributed by atoms with E-state index in [9.17, 15) is 0 Å². The Labute approximate surface area is 181 Å². The fraction of sp³-hybridized carbons (Fsp3) is 0.500. The molecule has 0 aliphatic heterocycles. The van der Waals surface area contributed by atoms with Crippen LogP contribution in [0.4, 0.5) is 5.69 Å². The average molecular weight is 428 g/mol. The van der Waals surface area contributed by atoms with Crippen LogP contribution in [0.1, 0.15) is 61.0 Å². The predicted octanol–water partition coefficient (Wildman–Crippen LogP) is 5.30. The molecule has 30 heavy (non-hydrogen) atoms. The largest absolute Gasteiger partial charge is 0.497 e. The first-order valence-corrected chi connectivity index (χ1v) is 11.5. The van der Waals surface area contributed by atoms with E-state index in [0.717, 1.165) is 45.2 Å². The lowest BCUT2D eigenvalue weighted by atomic mass is 9.95. The van der Waals surface area contributed by atoms with Gasteiger partial charge in [0.1, 0.15) is 11.5 Å². The fourth-order valence-corrected chi connectivity index (χ4v) is 5.17. The maximum atomic E-state index is 5.33. The van der Waals surface area contributed by atoms with Gasteiger partial charge >= 0.3 is 0 Å². The first-order valence-electron chi connectivity index (χ1n) is 10.5. The molecule has 0 spiro atoms. The van der Waals surface area contributed by atoms with Crippen LogP contribution in [0.25, 0.3) is 0 Å². The molecule has 0 bridgehead atoms. The Morgan fingerprint density at radius 2 is 2.03 bits per heavy atom. The monoisotopic (exact) mass is 427 g/mol. The summed E-state index contributed by atoms with van der Waals surface area (Å²) in [5, 5.41) is 17.6. The third-order valence-electron chi connectivity index (χ3n) is 5.72. The van der Waals surface area contributed by atoms with E-state index in [2.05, 4.69) is 25.2 Å². The minimum Gasteiger partial charge on any atom is -0.497 e. The van der Waals surface area contributed by atoms with Gasteiger partial charge in [0.25, 0.3) is 0 Å². The Morgan fingerprint density at radius 1 is 1.20 bits per heavy atom. The molecule has 0 saturated heterocycles. The Bertz CT molecular complexity index is 958. The number of nitrogens with one attached hydrogen (secondary N) is 1. The van der Waals surface area contributed by atoms with Gasteiger partial charge in [0.15, 0.2) is 11.0 Å². The molecule has 160 valence electrons. The molecule has 1 fully saturated rings. The highest BCUT2D eigenvalue weighted by atomic mass is 32.2. The Kier molecular flexibility index (Phi) is 6.62. The minimum atomic E-state index is 0.461. The van der Waals surface area contributed by atoms with Gasteiger partial charge in [-0.05, 0) is 38.8 Å². The quantitative estimate of drug-likeness (QED) is 0.489. The number of aromatic nitrogens is 4. The van der Waals surface area contributed by atoms with Gasteiger partial charge in [0, 0.05) is 29.1 Å². The number of hydrogen-bond donors (Lipinski definition) is 1. The molecule has 0 radical (unpaired) electrons. The highest BCUT2D eigenvalue weighted by Gasteiger charge is 2.23. The van der Waals surface area contributed by atoms with Crippen molar-refractivity contribution in [2.24, 2.45) is 0 Å². The van der Waals surface area contributed by atoms with Crippen LogP contribution >= 0.6 is 11.8 Å². The van der Waals surface area contributed by atoms with Crippen molar-refractivity contribution in [2.75, 3.05) is 12.4 Å². The normalized spacial score (nSPS) is 14.8. The van der Waals surface area contributed by atoms with Gasteiger partial charge in [-0.25, -0.2) is 0 Å². The smallest absolute Gasteiger partial charge is 0.191 e. The number of hydrogen-bond acceptors (Lipinski definition) is 7. The molecular formula is C22H29N5O2S. The number of nitrogens with zero attached hydrogens (tertiary/aromatic N) is 4. The van der Waals surface area contributed by atoms with Crippen LogP contribution in [-0.2, 0) is 12.3 Å². The molecule has 8 heteroatoms. The summed E-state index contributed by atoms with van der Waals surface area (Å²) in [7, 11) is 1.68. The van der Waals surface area contributed by atoms with Crippen molar-refractivity contribution in [3.05, 3.63) is 47.1 Å². The second kappa shape index (κ2) is 9.55. The molecule has 1 N–H and O–H groups in total. The lowest BCUT2D eigenvalue weighted by Gasteiger charge is -2.25. The van der Waals surface area contributed by atoms with E-state index in [4.69, 9.17) is 9.26 Å². The summed E-state index contributed by atoms with van der Waals surface area (Å²) >= 11 is 1.72. The molecule has 4 rings (SSSR count). The number of methoxy groups -OCH3 is 1. The van der Waals surface area contributed by atoms with Gasteiger partial charge in [-0.2, -0.15) is 0 Å². The average Bonchev–Trinajstić information content (AvgIpc) is 3.34. The summed E-state index contributed by atoms with van der Waals surface area (Å²) < 4.78 is 13.0. The molecule has 1 saturated carbocycles. The number of rotatable bonds is 8. The number of thioether (sulfide) groups is 1. The second-order valence-electron chi connectivity index (χ2n) is 7.74. The van der Waals surface area contributed by atoms with Crippen molar-refractivity contribution in [3.8, 4) is 5.75 Å². The van der Waals surface area contributed by atoms with Crippen LogP contribution in [0.15, 0.2) is 33.9 Å². The third-order valence-corrected chi connectivity index (χ3v) is 6.69. The van der Waals surface area contributed by atoms with E-state index in [-0.39, 0.29) is 0 Å². The van der Waals surface area contributed by atoms with E-state index in [1.807, 2.05) is 38.1 Å². The number of anilines is 1. The minimum absolute atomic E-state index is 0.461. The Hall–Kier alpha value is -2.48. The highest BCUT2D eigenvalue weighted by molar-refractivity contribution is 7.98. The topological polar surface area (TPSA) is 78.0 Å². The molecule has 0 unspecified atom stereocenters. The van der Waals surface area contributed by atoms with E-state index in [1.54, 1.807) is 18.9 Å². The lowest BCUT2D eigenvalue weighted by molar-refractivity contribution is 0.330. The van der Waals surface area contributed by atoms with Crippen molar-refractivity contribution >= 4 is 17.4 Å². The zero-order chi connectivity index (χ0) is 20.9. The lowest BCUT2D eigenvalue weighted by Crippen LogP contribution is -2.18. The van der Waals surface area contributed by atoms with Crippen LogP contribution in [0.5, 0.6) is 5.75 Å². The van der Waals surface area contributed by atoms with E-state index in [1.165, 1.54) is 32.1 Å². The van der Waals surface area contributed by atoms with Gasteiger partial charge in [-0.3, -0.25) is 0 Å². The number of ether oxygens (including phenoxy) is 1. The van der Waals surface area contributed by atoms with Gasteiger partial charge in [0.05, 0.1) is 19.3 Å². The standard InChI is InChI=1S/C22H29N5O2S/c1-15-20(16(2)29-26-15)14-30-22-25-24-21(27(22)18-9-5-4-6-10-18)13-23-17-8-7-11-19(12-17)28-3/h7-8,11-12,18,23H,4-6,9-10,13-14H2,1-3H3. The highest BCUT2D eigenvalue weighted by Crippen LogP contribution is 2.34. The van der Waals surface area contributed by atoms with Crippen molar-refractivity contribution in [1.82, 2.24) is 19.9 Å². The summed E-state index contributed by atoms with van der Waals surface area (Å²) in [6.45, 7) is 4.58. The molecule has 7 nitrogen and oxygen atoms in total. The number of aryl methyl sites for hydroxylation is 2. The summed E-state index contributed by atoms with van der Waals surface area (Å²) in [4.78, 5) is 0. The second-order valence-corrected chi connectivity index (χ2v) is 8.68. The van der Waals surface area contributed by atoms with Gasteiger partial charge in [-0.1, -0.05) is 42.2 Å². The zero-order valence-electron chi connectivity index (χ0n) is 17.9. The molecule has 1 aliphatic rings. The molecule has 3 aromatic rings. The van der Waals surface area contributed by atoms with Gasteiger partial charge in [0.2, 0.25) is 0 Å². The number of benzene rings is 1. The third kappa shape index (κ3) is 4.64. The maximum absolute atomic E-state index is 5.33. The predicted molar refractivity (Wildman–Crippen MR) is 118 cm³/mol. The van der Waals surface area contributed by atoms with Crippen LogP contribution in [-0.4, -0.2) is 27.0 Å². The Balaban J connectivity index is 1.53. The zero-order valence-corrected chi connectivity index (χ0v) is 18.7. The van der Waals surface area contributed by atoms with Crippen molar-refractivity contribution in [2.45, 2.75) is 69.4 Å². The molecule has 2 aromatic heterocycles. The first kappa shape index (κ1) is 20.8. The fourth-order valence-electron chi connectivity index (χ4n) is 3.99. The van der Waals surface area contributed by atoms with E-state index in [0.29, 0.717) is 12.6 Å². The summed E-state index contributed by atoms with van der Waals surface area (Å²) in [6, 6.07) is 8.42. The Morgan fingerprint density at radius 3 is 2.77 bits per heavy atom. The SMILES string of the molecule is COc1cccc(NCc2nnc(SCc3c(C)noc3C)n2C2CCCCC2)c1. The molecular weight excluding hydrogens is 398 g/mol. The summed E-state index contributed by atoms with van der Waals surface area (Å²) in [6.07, 6.45) is 6.21. The van der Waals surface area contributed by atoms with Gasteiger partial charge in [-0.15, -0.1) is 10.2 Å². The van der Waals surface area contributed by atoms with Crippen molar-refractivity contribution < 1.29 is 9.26 Å². The molecule has 2 heterocycles. The first-order chi connectivity index (χ1) is 14.7. The van der Waals surface area contributed by atoms with Crippen molar-refractivity contribution in [1.29, 1.82) is 0 Å².